The lowest BCUT2D eigenvalue weighted by Crippen LogP contribution is -2.65. The molecule has 11 amide bonds. The van der Waals surface area contributed by atoms with Gasteiger partial charge >= 0.3 is 0 Å². The summed E-state index contributed by atoms with van der Waals surface area (Å²) >= 11 is 0. The Morgan fingerprint density at radius 2 is 1.11 bits per heavy atom. The topological polar surface area (TPSA) is 491 Å². The summed E-state index contributed by atoms with van der Waals surface area (Å²) in [7, 11) is 0. The van der Waals surface area contributed by atoms with Gasteiger partial charge in [0.25, 0.3) is 0 Å². The van der Waals surface area contributed by atoms with Crippen molar-refractivity contribution in [1.82, 2.24) is 58.5 Å². The number of aliphatic hydroxyl groups is 4. The predicted molar refractivity (Wildman–Crippen MR) is 334 cm³/mol. The Morgan fingerprint density at radius 3 is 1.63 bits per heavy atom. The normalized spacial score (nSPS) is 24.8. The first-order chi connectivity index (χ1) is 41.6. The molecule has 21 N–H and O–H groups in total. The van der Waals surface area contributed by atoms with Gasteiger partial charge in [0.15, 0.2) is 5.96 Å². The molecule has 1 aliphatic heterocycles. The molecule has 2 rings (SSSR count). The zero-order valence-electron chi connectivity index (χ0n) is 54.6. The number of carbonyl (C=O) groups is 11. The lowest BCUT2D eigenvalue weighted by Gasteiger charge is -2.35. The summed E-state index contributed by atoms with van der Waals surface area (Å²) in [5.74, 6) is -13.4. The van der Waals surface area contributed by atoms with Gasteiger partial charge in [0.05, 0.1) is 44.1 Å². The van der Waals surface area contributed by atoms with Crippen LogP contribution in [0.5, 0.6) is 0 Å². The van der Waals surface area contributed by atoms with E-state index in [9.17, 15) is 63.6 Å². The van der Waals surface area contributed by atoms with Crippen molar-refractivity contribution in [3.05, 3.63) is 35.9 Å². The van der Waals surface area contributed by atoms with E-state index in [1.54, 1.807) is 61.5 Å². The molecule has 1 saturated heterocycles. The fourth-order valence-corrected chi connectivity index (χ4v) is 9.53. The van der Waals surface area contributed by atoms with E-state index in [0.29, 0.717) is 0 Å². The van der Waals surface area contributed by atoms with E-state index in [4.69, 9.17) is 17.2 Å². The number of nitrogens with zero attached hydrogens (tertiary/aromatic N) is 1. The second-order valence-electron chi connectivity index (χ2n) is 27.0. The first-order valence-electron chi connectivity index (χ1n) is 30.4. The minimum absolute atomic E-state index is 0.0271. The van der Waals surface area contributed by atoms with Crippen LogP contribution in [-0.2, 0) is 52.7 Å². The zero-order chi connectivity index (χ0) is 68.8. The number of guanidine groups is 1. The first kappa shape index (κ1) is 78.6. The fraction of sp³-hybridized carbons (Fsp3) is 0.700. The van der Waals surface area contributed by atoms with E-state index in [1.807, 2.05) is 20.8 Å². The SMILES string of the molecule is CC[C@H](C)[C@@H]1NC(=O)[C@@H](CCCN=C(N)N)NC(=O)[C@H](CC(C)(C)C)NC(=O)[C@H]([C@H](O)C(C)C)NC(=O)[C@@H](NC(=O)[C@H](CC(C)(C)C)NC(=O)[C@H](N)CC(C)(C)C)[C@@H](c2ccccc2)NC(=O)[C@H](CO)NC(=O)[C@H](CO)NC(=O)CNC(=O)[C@H]([C@H](C)O)NC1=O. The van der Waals surface area contributed by atoms with Crippen LogP contribution in [0.15, 0.2) is 35.3 Å². The summed E-state index contributed by atoms with van der Waals surface area (Å²) in [5.41, 5.74) is 15.7. The summed E-state index contributed by atoms with van der Waals surface area (Å²) in [6.07, 6.45) is -3.23. The standard InChI is InChI=1S/C60H103N15O15/c1-15-31(4)41-54(88)72-42(32(5)78)53(87)65-27-40(79)66-38(28-76)51(85)70-39(29-77)52(86)73-43(33-20-17-16-18-21-33)44(74-50(84)37(26-60(12,13)14)68-47(81)34(61)24-58(6,7)8)55(89)75-45(46(80)30(2)3)56(90)69-36(25-59(9,10)11)49(83)67-35(48(82)71-41)22-19-23-64-57(62)63/h16-18,20-21,30-32,34-39,41-46,76-78,80H,15,19,22-29,61H2,1-14H3,(H,65,87)(H,66,79)(H,67,83)(H,68,81)(H,69,90)(H,70,85)(H,71,82)(H,72,88)(H,73,86)(H,74,84)(H,75,89)(H4,62,63,64)/t31-,32-,34+,35+,36-,37-,38-,39-,41-,42-,43+,44-,45-,46+/m0/s1. The molecule has 1 aromatic rings. The number of nitrogens with two attached hydrogens (primary N) is 3. The molecule has 1 aromatic carbocycles. The lowest BCUT2D eigenvalue weighted by molar-refractivity contribution is -0.139. The van der Waals surface area contributed by atoms with E-state index < -0.39 is 191 Å². The van der Waals surface area contributed by atoms with Crippen LogP contribution in [0.3, 0.4) is 0 Å². The average molecular weight is 1270 g/mol. The molecule has 0 aromatic heterocycles. The number of hydrogen-bond acceptors (Lipinski definition) is 17. The smallest absolute Gasteiger partial charge is 0.245 e. The van der Waals surface area contributed by atoms with Crippen LogP contribution in [0.2, 0.25) is 0 Å². The number of hydrogen-bond donors (Lipinski definition) is 18. The first-order valence-corrected chi connectivity index (χ1v) is 30.4. The molecule has 1 fully saturated rings. The number of nitrogens with one attached hydrogen (secondary N) is 11. The molecule has 1 heterocycles. The summed E-state index contributed by atoms with van der Waals surface area (Å²) in [6.45, 7) is 20.5. The van der Waals surface area contributed by atoms with Crippen molar-refractivity contribution in [2.75, 3.05) is 26.3 Å². The maximum absolute atomic E-state index is 15.5. The highest BCUT2D eigenvalue weighted by Gasteiger charge is 2.43. The van der Waals surface area contributed by atoms with Gasteiger partial charge in [0, 0.05) is 6.54 Å². The van der Waals surface area contributed by atoms with Gasteiger partial charge in [-0.2, -0.15) is 0 Å². The Labute approximate surface area is 527 Å². The highest BCUT2D eigenvalue weighted by molar-refractivity contribution is 6.00. The van der Waals surface area contributed by atoms with E-state index in [-0.39, 0.29) is 56.6 Å². The Morgan fingerprint density at radius 1 is 0.611 bits per heavy atom. The van der Waals surface area contributed by atoms with Crippen molar-refractivity contribution in [2.24, 2.45) is 50.3 Å². The fourth-order valence-electron chi connectivity index (χ4n) is 9.53. The van der Waals surface area contributed by atoms with Gasteiger partial charge in [-0.3, -0.25) is 57.7 Å². The quantitative estimate of drug-likeness (QED) is 0.0362. The van der Waals surface area contributed by atoms with Gasteiger partial charge in [0.1, 0.15) is 54.4 Å². The summed E-state index contributed by atoms with van der Waals surface area (Å²) in [6, 6.07) is -10.8. The van der Waals surface area contributed by atoms with Gasteiger partial charge in [-0.1, -0.05) is 127 Å². The van der Waals surface area contributed by atoms with Gasteiger partial charge < -0.3 is 96.1 Å². The van der Waals surface area contributed by atoms with Crippen molar-refractivity contribution in [3.8, 4) is 0 Å². The van der Waals surface area contributed by atoms with Crippen molar-refractivity contribution in [1.29, 1.82) is 0 Å². The monoisotopic (exact) mass is 1270 g/mol. The second-order valence-corrected chi connectivity index (χ2v) is 27.0. The van der Waals surface area contributed by atoms with Crippen LogP contribution in [0.4, 0.5) is 0 Å². The molecule has 0 aliphatic carbocycles. The molecule has 30 nitrogen and oxygen atoms in total. The number of aliphatic imine (C=N–C) groups is 1. The van der Waals surface area contributed by atoms with Gasteiger partial charge in [-0.05, 0) is 72.7 Å². The highest BCUT2D eigenvalue weighted by Crippen LogP contribution is 2.26. The molecular formula is C60H103N15O15. The molecule has 0 unspecified atom stereocenters. The molecule has 90 heavy (non-hydrogen) atoms. The highest BCUT2D eigenvalue weighted by atomic mass is 16.3. The molecule has 30 heteroatoms. The largest absolute Gasteiger partial charge is 0.394 e. The molecule has 0 saturated carbocycles. The minimum Gasteiger partial charge on any atom is -0.394 e. The maximum Gasteiger partial charge on any atom is 0.245 e. The number of rotatable bonds is 19. The van der Waals surface area contributed by atoms with E-state index >= 15 is 9.59 Å². The third-order valence-electron chi connectivity index (χ3n) is 14.5. The lowest BCUT2D eigenvalue weighted by atomic mass is 9.86. The number of carbonyl (C=O) groups excluding carboxylic acids is 11. The molecule has 508 valence electrons. The second kappa shape index (κ2) is 35.7. The molecule has 14 atom stereocenters. The van der Waals surface area contributed by atoms with Crippen LogP contribution >= 0.6 is 0 Å². The van der Waals surface area contributed by atoms with Crippen molar-refractivity contribution < 1.29 is 73.2 Å². The number of aliphatic hydroxyl groups excluding tert-OH is 4. The molecule has 0 spiro atoms. The van der Waals surface area contributed by atoms with Crippen LogP contribution in [-0.4, -0.2) is 190 Å². The van der Waals surface area contributed by atoms with Crippen LogP contribution in [0.1, 0.15) is 147 Å². The number of amides is 11. The van der Waals surface area contributed by atoms with Gasteiger partial charge in [-0.25, -0.2) is 0 Å². The summed E-state index contributed by atoms with van der Waals surface area (Å²) in [5, 5.41) is 71.2. The van der Waals surface area contributed by atoms with E-state index in [2.05, 4.69) is 63.5 Å². The van der Waals surface area contributed by atoms with E-state index in [1.165, 1.54) is 38.1 Å². The molecule has 1 aliphatic rings. The predicted octanol–water partition coefficient (Wildman–Crippen LogP) is -3.55. The summed E-state index contributed by atoms with van der Waals surface area (Å²) in [4.78, 5) is 162. The van der Waals surface area contributed by atoms with Crippen molar-refractivity contribution in [2.45, 2.75) is 214 Å². The Balaban J connectivity index is 3.12. The van der Waals surface area contributed by atoms with Gasteiger partial charge in [-0.15, -0.1) is 0 Å². The molecular weight excluding hydrogens is 1170 g/mol. The summed E-state index contributed by atoms with van der Waals surface area (Å²) < 4.78 is 0. The molecule has 0 radical (unpaired) electrons. The van der Waals surface area contributed by atoms with Gasteiger partial charge in [0.2, 0.25) is 65.0 Å². The Bertz CT molecular complexity index is 2640. The van der Waals surface area contributed by atoms with Crippen LogP contribution in [0, 0.1) is 28.1 Å². The van der Waals surface area contributed by atoms with Crippen molar-refractivity contribution in [3.63, 3.8) is 0 Å². The Hall–Kier alpha value is -7.54. The van der Waals surface area contributed by atoms with Crippen LogP contribution in [0.25, 0.3) is 0 Å². The zero-order valence-corrected chi connectivity index (χ0v) is 54.6. The van der Waals surface area contributed by atoms with Crippen molar-refractivity contribution >= 4 is 70.9 Å². The van der Waals surface area contributed by atoms with E-state index in [0.717, 1.165) is 6.92 Å². The average Bonchev–Trinajstić information content (AvgIpc) is 0.958. The Kier molecular flexibility index (Phi) is 31.2. The maximum atomic E-state index is 15.5. The van der Waals surface area contributed by atoms with Crippen LogP contribution < -0.4 is 75.7 Å². The third kappa shape index (κ3) is 26.9. The molecule has 0 bridgehead atoms. The minimum atomic E-state index is -2.04. The third-order valence-corrected chi connectivity index (χ3v) is 14.5. The number of benzene rings is 1.